The molecule has 0 radical (unpaired) electrons. The van der Waals surface area contributed by atoms with Crippen molar-refractivity contribution in [3.63, 3.8) is 0 Å². The Morgan fingerprint density at radius 2 is 1.65 bits per heavy atom. The number of benzene rings is 1. The summed E-state index contributed by atoms with van der Waals surface area (Å²) in [6.07, 6.45) is 1.74. The van der Waals surface area contributed by atoms with Crippen LogP contribution in [-0.4, -0.2) is 61.5 Å². The molecule has 1 aromatic carbocycles. The van der Waals surface area contributed by atoms with E-state index in [0.717, 1.165) is 22.6 Å². The molecule has 0 saturated heterocycles. The van der Waals surface area contributed by atoms with Crippen LogP contribution in [0.4, 0.5) is 0 Å². The average molecular weight is 355 g/mol. The van der Waals surface area contributed by atoms with Gasteiger partial charge in [0, 0.05) is 30.4 Å². The molecule has 26 heavy (non-hydrogen) atoms. The summed E-state index contributed by atoms with van der Waals surface area (Å²) < 4.78 is 5.29. The fourth-order valence-corrected chi connectivity index (χ4v) is 2.59. The normalized spacial score (nSPS) is 11.2. The van der Waals surface area contributed by atoms with Crippen LogP contribution in [0.5, 0.6) is 0 Å². The number of aromatic nitrogens is 4. The lowest BCUT2D eigenvalue weighted by molar-refractivity contribution is 0.143. The molecule has 8 heteroatoms. The minimum atomic E-state index is 0.00493. The number of aliphatic hydroxyl groups is 2. The Bertz CT molecular complexity index is 829. The Balaban J connectivity index is 1.73. The van der Waals surface area contributed by atoms with E-state index in [1.54, 1.807) is 6.20 Å². The highest BCUT2D eigenvalue weighted by Crippen LogP contribution is 2.22. The van der Waals surface area contributed by atoms with Crippen LogP contribution in [0.3, 0.4) is 0 Å². The lowest BCUT2D eigenvalue weighted by Gasteiger charge is -2.17. The van der Waals surface area contributed by atoms with Crippen molar-refractivity contribution in [2.45, 2.75) is 13.5 Å². The van der Waals surface area contributed by atoms with E-state index in [1.165, 1.54) is 0 Å². The highest BCUT2D eigenvalue weighted by molar-refractivity contribution is 5.64. The van der Waals surface area contributed by atoms with E-state index in [9.17, 15) is 0 Å². The molecule has 0 amide bonds. The molecular formula is C18H21N5O3. The average Bonchev–Trinajstić information content (AvgIpc) is 3.11. The standard InChI is InChI=1S/C18H21N5O3/c1-13-19-7-6-16(20-13)14-2-4-15(5-3-14)18-21-17(26-22-18)12-23(8-10-24)9-11-25/h2-7,24-25H,8-12H2,1H3. The Labute approximate surface area is 151 Å². The summed E-state index contributed by atoms with van der Waals surface area (Å²) in [6.45, 7) is 3.12. The van der Waals surface area contributed by atoms with E-state index >= 15 is 0 Å². The number of aryl methyl sites for hydroxylation is 1. The fourth-order valence-electron chi connectivity index (χ4n) is 2.59. The van der Waals surface area contributed by atoms with Crippen LogP contribution in [0.1, 0.15) is 11.7 Å². The zero-order valence-corrected chi connectivity index (χ0v) is 14.5. The van der Waals surface area contributed by atoms with Crippen molar-refractivity contribution in [2.24, 2.45) is 0 Å². The summed E-state index contributed by atoms with van der Waals surface area (Å²) in [5, 5.41) is 22.1. The first kappa shape index (κ1) is 18.1. The Kier molecular flexibility index (Phi) is 6.00. The van der Waals surface area contributed by atoms with Gasteiger partial charge in [0.25, 0.3) is 0 Å². The van der Waals surface area contributed by atoms with Gasteiger partial charge in [-0.1, -0.05) is 29.4 Å². The third kappa shape index (κ3) is 4.48. The molecule has 0 aliphatic rings. The van der Waals surface area contributed by atoms with Gasteiger partial charge >= 0.3 is 0 Å². The molecule has 3 rings (SSSR count). The van der Waals surface area contributed by atoms with E-state index < -0.39 is 0 Å². The van der Waals surface area contributed by atoms with Gasteiger partial charge in [-0.3, -0.25) is 4.90 Å². The van der Waals surface area contributed by atoms with Gasteiger partial charge in [0.15, 0.2) is 0 Å². The fraction of sp³-hybridized carbons (Fsp3) is 0.333. The summed E-state index contributed by atoms with van der Waals surface area (Å²) in [5.74, 6) is 1.67. The number of nitrogens with zero attached hydrogens (tertiary/aromatic N) is 5. The third-order valence-electron chi connectivity index (χ3n) is 3.87. The van der Waals surface area contributed by atoms with Crippen LogP contribution < -0.4 is 0 Å². The van der Waals surface area contributed by atoms with Crippen molar-refractivity contribution in [1.82, 2.24) is 25.0 Å². The van der Waals surface area contributed by atoms with E-state index in [1.807, 2.05) is 42.2 Å². The monoisotopic (exact) mass is 355 g/mol. The highest BCUT2D eigenvalue weighted by atomic mass is 16.5. The maximum absolute atomic E-state index is 9.06. The van der Waals surface area contributed by atoms with Gasteiger partial charge in [-0.2, -0.15) is 4.98 Å². The molecule has 3 aromatic rings. The molecule has 8 nitrogen and oxygen atoms in total. The topological polar surface area (TPSA) is 108 Å². The first-order chi connectivity index (χ1) is 12.7. The van der Waals surface area contributed by atoms with E-state index in [2.05, 4.69) is 20.1 Å². The summed E-state index contributed by atoms with van der Waals surface area (Å²) in [5.41, 5.74) is 2.69. The predicted molar refractivity (Wildman–Crippen MR) is 94.9 cm³/mol. The van der Waals surface area contributed by atoms with Gasteiger partial charge in [-0.15, -0.1) is 0 Å². The predicted octanol–water partition coefficient (Wildman–Crippen LogP) is 1.29. The summed E-state index contributed by atoms with van der Waals surface area (Å²) in [7, 11) is 0. The molecule has 0 saturated carbocycles. The molecule has 0 fully saturated rings. The first-order valence-electron chi connectivity index (χ1n) is 8.36. The SMILES string of the molecule is Cc1nccc(-c2ccc(-c3noc(CN(CCO)CCO)n3)cc2)n1. The van der Waals surface area contributed by atoms with Crippen LogP contribution >= 0.6 is 0 Å². The van der Waals surface area contributed by atoms with Gasteiger partial charge < -0.3 is 14.7 Å². The highest BCUT2D eigenvalue weighted by Gasteiger charge is 2.13. The van der Waals surface area contributed by atoms with Gasteiger partial charge in [0.05, 0.1) is 25.5 Å². The molecule has 0 unspecified atom stereocenters. The second-order valence-corrected chi connectivity index (χ2v) is 5.80. The molecular weight excluding hydrogens is 334 g/mol. The quantitative estimate of drug-likeness (QED) is 0.622. The molecule has 136 valence electrons. The van der Waals surface area contributed by atoms with Crippen LogP contribution in [0, 0.1) is 6.92 Å². The Hall–Kier alpha value is -2.68. The lowest BCUT2D eigenvalue weighted by atomic mass is 10.1. The smallest absolute Gasteiger partial charge is 0.241 e. The molecule has 2 N–H and O–H groups in total. The van der Waals surface area contributed by atoms with Gasteiger partial charge in [-0.05, 0) is 13.0 Å². The number of hydrogen-bond donors (Lipinski definition) is 2. The van der Waals surface area contributed by atoms with Crippen LogP contribution in [-0.2, 0) is 6.54 Å². The van der Waals surface area contributed by atoms with E-state index in [0.29, 0.717) is 31.3 Å². The molecule has 0 aliphatic heterocycles. The zero-order chi connectivity index (χ0) is 18.4. The molecule has 2 heterocycles. The van der Waals surface area contributed by atoms with Gasteiger partial charge in [-0.25, -0.2) is 9.97 Å². The zero-order valence-electron chi connectivity index (χ0n) is 14.5. The van der Waals surface area contributed by atoms with Crippen molar-refractivity contribution >= 4 is 0 Å². The third-order valence-corrected chi connectivity index (χ3v) is 3.87. The summed E-state index contributed by atoms with van der Waals surface area (Å²) >= 11 is 0. The maximum atomic E-state index is 9.06. The van der Waals surface area contributed by atoms with Crippen LogP contribution in [0.25, 0.3) is 22.6 Å². The first-order valence-corrected chi connectivity index (χ1v) is 8.36. The molecule has 2 aromatic heterocycles. The number of rotatable bonds is 8. The minimum absolute atomic E-state index is 0.00493. The van der Waals surface area contributed by atoms with Crippen molar-refractivity contribution in [1.29, 1.82) is 0 Å². The van der Waals surface area contributed by atoms with Crippen molar-refractivity contribution in [3.05, 3.63) is 48.2 Å². The summed E-state index contributed by atoms with van der Waals surface area (Å²) in [4.78, 5) is 14.8. The lowest BCUT2D eigenvalue weighted by Crippen LogP contribution is -2.29. The minimum Gasteiger partial charge on any atom is -0.395 e. The molecule has 0 bridgehead atoms. The largest absolute Gasteiger partial charge is 0.395 e. The molecule has 0 spiro atoms. The Morgan fingerprint density at radius 1 is 0.962 bits per heavy atom. The molecule has 0 atom stereocenters. The van der Waals surface area contributed by atoms with Gasteiger partial charge in [0.2, 0.25) is 11.7 Å². The van der Waals surface area contributed by atoms with E-state index in [-0.39, 0.29) is 13.2 Å². The van der Waals surface area contributed by atoms with Gasteiger partial charge in [0.1, 0.15) is 5.82 Å². The Morgan fingerprint density at radius 3 is 2.31 bits per heavy atom. The number of aliphatic hydroxyl groups excluding tert-OH is 2. The van der Waals surface area contributed by atoms with E-state index in [4.69, 9.17) is 14.7 Å². The maximum Gasteiger partial charge on any atom is 0.241 e. The van der Waals surface area contributed by atoms with Crippen LogP contribution in [0.15, 0.2) is 41.1 Å². The number of hydrogen-bond acceptors (Lipinski definition) is 8. The second kappa shape index (κ2) is 8.61. The van der Waals surface area contributed by atoms with Crippen LogP contribution in [0.2, 0.25) is 0 Å². The molecule has 0 aliphatic carbocycles. The van der Waals surface area contributed by atoms with Crippen molar-refractivity contribution in [2.75, 3.05) is 26.3 Å². The second-order valence-electron chi connectivity index (χ2n) is 5.80. The van der Waals surface area contributed by atoms with Crippen molar-refractivity contribution < 1.29 is 14.7 Å². The summed E-state index contributed by atoms with van der Waals surface area (Å²) in [6, 6.07) is 9.61. The van der Waals surface area contributed by atoms with Crippen molar-refractivity contribution in [3.8, 4) is 22.6 Å².